The summed E-state index contributed by atoms with van der Waals surface area (Å²) in [5, 5.41) is 4.38. The van der Waals surface area contributed by atoms with E-state index >= 15 is 0 Å². The molecule has 1 N–H and O–H groups in total. The minimum Gasteiger partial charge on any atom is -0.493 e. The SMILES string of the molecule is COc1ccc(CN[C@@H](Cc2ccccc2)[C@H](CC(=O)OC(C)(C)C)c2ccc(Cl)cc2)cc1OC. The first-order valence-electron chi connectivity index (χ1n) is 12.1. The van der Waals surface area contributed by atoms with E-state index in [-0.39, 0.29) is 24.3 Å². The summed E-state index contributed by atoms with van der Waals surface area (Å²) in [6.45, 7) is 6.26. The van der Waals surface area contributed by atoms with Gasteiger partial charge in [0.1, 0.15) is 5.60 Å². The zero-order chi connectivity index (χ0) is 26.1. The van der Waals surface area contributed by atoms with Crippen LogP contribution in [0.5, 0.6) is 11.5 Å². The van der Waals surface area contributed by atoms with Crippen LogP contribution in [0.1, 0.15) is 49.8 Å². The highest BCUT2D eigenvalue weighted by molar-refractivity contribution is 6.30. The summed E-state index contributed by atoms with van der Waals surface area (Å²) >= 11 is 6.18. The molecule has 0 heterocycles. The number of methoxy groups -OCH3 is 2. The lowest BCUT2D eigenvalue weighted by Gasteiger charge is -2.30. The molecule has 0 fully saturated rings. The zero-order valence-electron chi connectivity index (χ0n) is 21.7. The highest BCUT2D eigenvalue weighted by atomic mass is 35.5. The van der Waals surface area contributed by atoms with E-state index in [4.69, 9.17) is 25.8 Å². The number of esters is 1. The first-order valence-corrected chi connectivity index (χ1v) is 12.5. The smallest absolute Gasteiger partial charge is 0.306 e. The molecular weight excluding hydrogens is 474 g/mol. The Hall–Kier alpha value is -3.02. The van der Waals surface area contributed by atoms with E-state index in [2.05, 4.69) is 17.4 Å². The lowest BCUT2D eigenvalue weighted by atomic mass is 9.85. The number of carbonyl (C=O) groups is 1. The summed E-state index contributed by atoms with van der Waals surface area (Å²) in [4.78, 5) is 13.0. The molecule has 5 nitrogen and oxygen atoms in total. The third kappa shape index (κ3) is 8.28. The van der Waals surface area contributed by atoms with Gasteiger partial charge in [-0.25, -0.2) is 0 Å². The molecule has 3 aromatic rings. The van der Waals surface area contributed by atoms with Crippen LogP contribution in [0.3, 0.4) is 0 Å². The highest BCUT2D eigenvalue weighted by Gasteiger charge is 2.28. The molecule has 2 atom stereocenters. The van der Waals surface area contributed by atoms with E-state index in [1.807, 2.05) is 81.4 Å². The maximum atomic E-state index is 13.0. The third-order valence-electron chi connectivity index (χ3n) is 5.91. The third-order valence-corrected chi connectivity index (χ3v) is 6.16. The first kappa shape index (κ1) is 27.6. The molecule has 192 valence electrons. The van der Waals surface area contributed by atoms with Crippen LogP contribution in [0.4, 0.5) is 0 Å². The molecular formula is C30H36ClNO4. The average molecular weight is 510 g/mol. The molecule has 0 saturated carbocycles. The fourth-order valence-electron chi connectivity index (χ4n) is 4.23. The van der Waals surface area contributed by atoms with E-state index in [0.29, 0.717) is 23.1 Å². The first-order chi connectivity index (χ1) is 17.2. The Morgan fingerprint density at radius 3 is 2.17 bits per heavy atom. The maximum absolute atomic E-state index is 13.0. The van der Waals surface area contributed by atoms with Gasteiger partial charge in [-0.1, -0.05) is 60.1 Å². The maximum Gasteiger partial charge on any atom is 0.306 e. The number of hydrogen-bond donors (Lipinski definition) is 1. The number of rotatable bonds is 11. The van der Waals surface area contributed by atoms with Crippen molar-refractivity contribution >= 4 is 17.6 Å². The van der Waals surface area contributed by atoms with Crippen LogP contribution in [-0.2, 0) is 22.5 Å². The zero-order valence-corrected chi connectivity index (χ0v) is 22.5. The van der Waals surface area contributed by atoms with E-state index in [1.54, 1.807) is 14.2 Å². The molecule has 3 rings (SSSR count). The summed E-state index contributed by atoms with van der Waals surface area (Å²) in [5.74, 6) is 1.01. The molecule has 0 unspecified atom stereocenters. The van der Waals surface area contributed by atoms with Crippen LogP contribution in [0.15, 0.2) is 72.8 Å². The monoisotopic (exact) mass is 509 g/mol. The van der Waals surface area contributed by atoms with Gasteiger partial charge in [-0.05, 0) is 68.1 Å². The van der Waals surface area contributed by atoms with Crippen molar-refractivity contribution in [3.63, 3.8) is 0 Å². The fraction of sp³-hybridized carbons (Fsp3) is 0.367. The fourth-order valence-corrected chi connectivity index (χ4v) is 4.36. The topological polar surface area (TPSA) is 56.8 Å². The molecule has 0 bridgehead atoms. The molecule has 0 spiro atoms. The van der Waals surface area contributed by atoms with E-state index in [9.17, 15) is 4.79 Å². The van der Waals surface area contributed by atoms with Gasteiger partial charge in [0.25, 0.3) is 0 Å². The van der Waals surface area contributed by atoms with Crippen molar-refractivity contribution in [1.82, 2.24) is 5.32 Å². The van der Waals surface area contributed by atoms with Crippen LogP contribution >= 0.6 is 11.6 Å². The van der Waals surface area contributed by atoms with Crippen molar-refractivity contribution in [1.29, 1.82) is 0 Å². The summed E-state index contributed by atoms with van der Waals surface area (Å²) in [5.41, 5.74) is 2.72. The Balaban J connectivity index is 1.92. The number of nitrogens with one attached hydrogen (secondary N) is 1. The summed E-state index contributed by atoms with van der Waals surface area (Å²) in [6, 6.07) is 23.9. The van der Waals surface area contributed by atoms with Gasteiger partial charge in [0.05, 0.1) is 20.6 Å². The van der Waals surface area contributed by atoms with Gasteiger partial charge in [-0.3, -0.25) is 4.79 Å². The van der Waals surface area contributed by atoms with Crippen LogP contribution in [0.2, 0.25) is 5.02 Å². The van der Waals surface area contributed by atoms with Crippen LogP contribution < -0.4 is 14.8 Å². The van der Waals surface area contributed by atoms with Gasteiger partial charge in [0.15, 0.2) is 11.5 Å². The normalized spacial score (nSPS) is 13.1. The van der Waals surface area contributed by atoms with Crippen molar-refractivity contribution in [3.8, 4) is 11.5 Å². The van der Waals surface area contributed by atoms with Gasteiger partial charge in [-0.2, -0.15) is 0 Å². The molecule has 36 heavy (non-hydrogen) atoms. The van der Waals surface area contributed by atoms with Crippen molar-refractivity contribution in [2.24, 2.45) is 0 Å². The average Bonchev–Trinajstić information content (AvgIpc) is 2.85. The lowest BCUT2D eigenvalue weighted by molar-refractivity contribution is -0.155. The summed E-state index contributed by atoms with van der Waals surface area (Å²) < 4.78 is 16.6. The van der Waals surface area contributed by atoms with E-state index in [1.165, 1.54) is 5.56 Å². The Morgan fingerprint density at radius 1 is 0.889 bits per heavy atom. The number of ether oxygens (including phenoxy) is 3. The molecule has 0 aromatic heterocycles. The van der Waals surface area contributed by atoms with E-state index in [0.717, 1.165) is 17.5 Å². The highest BCUT2D eigenvalue weighted by Crippen LogP contribution is 2.30. The van der Waals surface area contributed by atoms with Crippen molar-refractivity contribution in [3.05, 3.63) is 94.5 Å². The van der Waals surface area contributed by atoms with Gasteiger partial charge in [0, 0.05) is 23.5 Å². The lowest BCUT2D eigenvalue weighted by Crippen LogP contribution is -2.38. The minimum absolute atomic E-state index is 0.0470. The second-order valence-electron chi connectivity index (χ2n) is 9.82. The molecule has 3 aromatic carbocycles. The molecule has 0 radical (unpaired) electrons. The Labute approximate surface area is 219 Å². The Kier molecular flexibility index (Phi) is 9.80. The van der Waals surface area contributed by atoms with Crippen LogP contribution in [0, 0.1) is 0 Å². The second-order valence-corrected chi connectivity index (χ2v) is 10.3. The number of hydrogen-bond acceptors (Lipinski definition) is 5. The second kappa shape index (κ2) is 12.8. The van der Waals surface area contributed by atoms with Gasteiger partial charge < -0.3 is 19.5 Å². The standard InChI is InChI=1S/C30H36ClNO4/c1-30(2,3)36-29(33)19-25(23-12-14-24(31)15-13-23)26(17-21-9-7-6-8-10-21)32-20-22-11-16-27(34-4)28(18-22)35-5/h6-16,18,25-26,32H,17,19-20H2,1-5H3/t25-,26+/m1/s1. The van der Waals surface area contributed by atoms with Crippen molar-refractivity contribution < 1.29 is 19.0 Å². The molecule has 0 amide bonds. The number of carbonyl (C=O) groups excluding carboxylic acids is 1. The van der Waals surface area contributed by atoms with Crippen LogP contribution in [0.25, 0.3) is 0 Å². The van der Waals surface area contributed by atoms with Crippen molar-refractivity contribution in [2.75, 3.05) is 14.2 Å². The summed E-state index contributed by atoms with van der Waals surface area (Å²) in [6.07, 6.45) is 0.986. The van der Waals surface area contributed by atoms with Gasteiger partial charge in [-0.15, -0.1) is 0 Å². The largest absolute Gasteiger partial charge is 0.493 e. The van der Waals surface area contributed by atoms with Gasteiger partial charge >= 0.3 is 5.97 Å². The molecule has 6 heteroatoms. The predicted octanol–water partition coefficient (Wildman–Crippen LogP) is 6.57. The minimum atomic E-state index is -0.552. The van der Waals surface area contributed by atoms with E-state index < -0.39 is 5.60 Å². The molecule has 0 aliphatic carbocycles. The predicted molar refractivity (Wildman–Crippen MR) is 145 cm³/mol. The summed E-state index contributed by atoms with van der Waals surface area (Å²) in [7, 11) is 3.25. The van der Waals surface area contributed by atoms with Gasteiger partial charge in [0.2, 0.25) is 0 Å². The molecule has 0 aliphatic rings. The quantitative estimate of drug-likeness (QED) is 0.296. The van der Waals surface area contributed by atoms with Crippen LogP contribution in [-0.4, -0.2) is 31.8 Å². The number of halogens is 1. The molecule has 0 saturated heterocycles. The number of benzene rings is 3. The Bertz CT molecular complexity index is 1110. The molecule has 0 aliphatic heterocycles. The van der Waals surface area contributed by atoms with Crippen molar-refractivity contribution in [2.45, 2.75) is 57.7 Å². The Morgan fingerprint density at radius 2 is 1.56 bits per heavy atom.